The van der Waals surface area contributed by atoms with Gasteiger partial charge in [-0.25, -0.2) is 13.4 Å². The second-order valence-electron chi connectivity index (χ2n) is 4.75. The number of hydrogen-bond donors (Lipinski definition) is 1. The summed E-state index contributed by atoms with van der Waals surface area (Å²) in [5.41, 5.74) is 7.35. The van der Waals surface area contributed by atoms with Gasteiger partial charge >= 0.3 is 0 Å². The Balaban J connectivity index is 2.13. The predicted octanol–water partition coefficient (Wildman–Crippen LogP) is 2.81. The largest absolute Gasteiger partial charge is 0.437 e. The summed E-state index contributed by atoms with van der Waals surface area (Å²) in [5, 5.41) is -0.633. The third-order valence-electron chi connectivity index (χ3n) is 3.35. The minimum absolute atomic E-state index is 0.204. The third kappa shape index (κ3) is 2.25. The van der Waals surface area contributed by atoms with Crippen LogP contribution in [-0.2, 0) is 9.84 Å². The van der Waals surface area contributed by atoms with Crippen molar-refractivity contribution >= 4 is 42.6 Å². The van der Waals surface area contributed by atoms with Gasteiger partial charge in [-0.2, -0.15) is 0 Å². The number of benzene rings is 1. The molecule has 5 nitrogen and oxygen atoms in total. The normalized spacial score (nSPS) is 22.7. The molecule has 1 atom stereocenters. The van der Waals surface area contributed by atoms with Crippen LogP contribution in [0.15, 0.2) is 21.0 Å². The zero-order valence-corrected chi connectivity index (χ0v) is 12.5. The zero-order chi connectivity index (χ0) is 13.6. The lowest BCUT2D eigenvalue weighted by Crippen LogP contribution is -2.21. The molecule has 1 aromatic carbocycles. The SMILES string of the molecule is Nc1cc(Br)cc2nc(C3CCCCS3(=O)=O)oc12. The topological polar surface area (TPSA) is 86.2 Å². The number of nitrogens with zero attached hydrogens (tertiary/aromatic N) is 1. The smallest absolute Gasteiger partial charge is 0.213 e. The molecule has 19 heavy (non-hydrogen) atoms. The molecule has 0 aliphatic carbocycles. The number of aromatic nitrogens is 1. The Morgan fingerprint density at radius 2 is 2.16 bits per heavy atom. The van der Waals surface area contributed by atoms with Crippen LogP contribution in [0.2, 0.25) is 0 Å². The molecule has 1 aliphatic heterocycles. The van der Waals surface area contributed by atoms with Crippen LogP contribution in [0.3, 0.4) is 0 Å². The molecule has 7 heteroatoms. The van der Waals surface area contributed by atoms with Gasteiger partial charge in [0.15, 0.2) is 15.4 Å². The van der Waals surface area contributed by atoms with E-state index in [1.807, 2.05) is 0 Å². The van der Waals surface area contributed by atoms with E-state index in [0.717, 1.165) is 10.9 Å². The van der Waals surface area contributed by atoms with E-state index in [1.165, 1.54) is 0 Å². The third-order valence-corrected chi connectivity index (χ3v) is 5.97. The number of nitrogen functional groups attached to an aromatic ring is 1. The highest BCUT2D eigenvalue weighted by Crippen LogP contribution is 2.36. The fourth-order valence-electron chi connectivity index (χ4n) is 2.41. The van der Waals surface area contributed by atoms with Gasteiger partial charge in [-0.05, 0) is 25.0 Å². The Morgan fingerprint density at radius 1 is 1.37 bits per heavy atom. The van der Waals surface area contributed by atoms with Gasteiger partial charge in [0.1, 0.15) is 10.8 Å². The maximum atomic E-state index is 12.1. The summed E-state index contributed by atoms with van der Waals surface area (Å²) in [5.74, 6) is 0.467. The Bertz CT molecular complexity index is 739. The number of nitrogens with two attached hydrogens (primary N) is 1. The minimum Gasteiger partial charge on any atom is -0.437 e. The summed E-state index contributed by atoms with van der Waals surface area (Å²) in [4.78, 5) is 4.30. The Labute approximate surface area is 119 Å². The van der Waals surface area contributed by atoms with Crippen molar-refractivity contribution in [1.82, 2.24) is 4.98 Å². The van der Waals surface area contributed by atoms with Crippen molar-refractivity contribution in [2.45, 2.75) is 24.5 Å². The molecule has 2 aromatic rings. The molecule has 0 radical (unpaired) electrons. The molecule has 1 saturated heterocycles. The molecule has 0 spiro atoms. The van der Waals surface area contributed by atoms with Crippen molar-refractivity contribution in [2.75, 3.05) is 11.5 Å². The maximum absolute atomic E-state index is 12.1. The van der Waals surface area contributed by atoms with Crippen LogP contribution in [0.25, 0.3) is 11.1 Å². The highest BCUT2D eigenvalue weighted by Gasteiger charge is 2.34. The van der Waals surface area contributed by atoms with Crippen LogP contribution in [0.5, 0.6) is 0 Å². The zero-order valence-electron chi connectivity index (χ0n) is 10.1. The molecule has 1 aliphatic rings. The van der Waals surface area contributed by atoms with Gasteiger partial charge in [-0.3, -0.25) is 0 Å². The van der Waals surface area contributed by atoms with Gasteiger partial charge in [0.2, 0.25) is 5.89 Å². The fourth-order valence-corrected chi connectivity index (χ4v) is 4.70. The van der Waals surface area contributed by atoms with Gasteiger partial charge in [0.25, 0.3) is 0 Å². The molecule has 1 fully saturated rings. The summed E-state index contributed by atoms with van der Waals surface area (Å²) in [6.07, 6.45) is 2.16. The lowest BCUT2D eigenvalue weighted by molar-refractivity contribution is 0.472. The maximum Gasteiger partial charge on any atom is 0.213 e. The van der Waals surface area contributed by atoms with E-state index in [4.69, 9.17) is 10.2 Å². The van der Waals surface area contributed by atoms with Crippen molar-refractivity contribution < 1.29 is 12.8 Å². The van der Waals surface area contributed by atoms with E-state index in [2.05, 4.69) is 20.9 Å². The molecular formula is C12H13BrN2O3S. The van der Waals surface area contributed by atoms with Crippen molar-refractivity contribution in [3.63, 3.8) is 0 Å². The summed E-state index contributed by atoms with van der Waals surface area (Å²) < 4.78 is 30.5. The van der Waals surface area contributed by atoms with Crippen LogP contribution in [-0.4, -0.2) is 19.2 Å². The number of anilines is 1. The molecular weight excluding hydrogens is 332 g/mol. The predicted molar refractivity (Wildman–Crippen MR) is 76.5 cm³/mol. The van der Waals surface area contributed by atoms with Crippen LogP contribution in [0, 0.1) is 0 Å². The van der Waals surface area contributed by atoms with Gasteiger partial charge in [-0.1, -0.05) is 22.4 Å². The van der Waals surface area contributed by atoms with Crippen LogP contribution >= 0.6 is 15.9 Å². The highest BCUT2D eigenvalue weighted by molar-refractivity contribution is 9.10. The number of rotatable bonds is 1. The van der Waals surface area contributed by atoms with Crippen LogP contribution < -0.4 is 5.73 Å². The Morgan fingerprint density at radius 3 is 2.89 bits per heavy atom. The molecule has 2 heterocycles. The first-order valence-corrected chi connectivity index (χ1v) is 8.55. The fraction of sp³-hybridized carbons (Fsp3) is 0.417. The summed E-state index contributed by atoms with van der Waals surface area (Å²) in [6.45, 7) is 0. The van der Waals surface area contributed by atoms with E-state index < -0.39 is 15.1 Å². The van der Waals surface area contributed by atoms with Gasteiger partial charge < -0.3 is 10.2 Å². The number of halogens is 1. The van der Waals surface area contributed by atoms with E-state index in [1.54, 1.807) is 12.1 Å². The number of hydrogen-bond acceptors (Lipinski definition) is 5. The molecule has 0 bridgehead atoms. The lowest BCUT2D eigenvalue weighted by Gasteiger charge is -2.18. The molecule has 0 saturated carbocycles. The molecule has 2 N–H and O–H groups in total. The summed E-state index contributed by atoms with van der Waals surface area (Å²) >= 11 is 3.33. The van der Waals surface area contributed by atoms with E-state index >= 15 is 0 Å². The van der Waals surface area contributed by atoms with E-state index in [0.29, 0.717) is 29.6 Å². The first kappa shape index (κ1) is 12.9. The van der Waals surface area contributed by atoms with E-state index in [-0.39, 0.29) is 11.6 Å². The monoisotopic (exact) mass is 344 g/mol. The Hall–Kier alpha value is -1.08. The average molecular weight is 345 g/mol. The van der Waals surface area contributed by atoms with E-state index in [9.17, 15) is 8.42 Å². The minimum atomic E-state index is -3.16. The second-order valence-corrected chi connectivity index (χ2v) is 7.97. The van der Waals surface area contributed by atoms with Gasteiger partial charge in [0.05, 0.1) is 11.4 Å². The van der Waals surface area contributed by atoms with Gasteiger partial charge in [-0.15, -0.1) is 0 Å². The Kier molecular flexibility index (Phi) is 3.05. The standard InChI is InChI=1S/C12H13BrN2O3S/c13-7-5-8(14)11-9(6-7)15-12(18-11)10-3-1-2-4-19(10,16)17/h5-6,10H,1-4,14H2. The quantitative estimate of drug-likeness (QED) is 0.803. The lowest BCUT2D eigenvalue weighted by atomic mass is 10.2. The number of sulfone groups is 1. The molecule has 1 unspecified atom stereocenters. The van der Waals surface area contributed by atoms with Crippen molar-refractivity contribution in [2.24, 2.45) is 0 Å². The highest BCUT2D eigenvalue weighted by atomic mass is 79.9. The number of oxazole rings is 1. The van der Waals surface area contributed by atoms with Gasteiger partial charge in [0, 0.05) is 4.47 Å². The summed E-state index contributed by atoms with van der Waals surface area (Å²) in [7, 11) is -3.16. The molecule has 0 amide bonds. The summed E-state index contributed by atoms with van der Waals surface area (Å²) in [6, 6.07) is 3.49. The first-order valence-electron chi connectivity index (χ1n) is 6.04. The second kappa shape index (κ2) is 4.49. The van der Waals surface area contributed by atoms with Crippen LogP contribution in [0.4, 0.5) is 5.69 Å². The first-order chi connectivity index (χ1) is 8.97. The van der Waals surface area contributed by atoms with Crippen molar-refractivity contribution in [1.29, 1.82) is 0 Å². The average Bonchev–Trinajstić information content (AvgIpc) is 2.72. The number of fused-ring (bicyclic) bond motifs is 1. The van der Waals surface area contributed by atoms with Crippen LogP contribution in [0.1, 0.15) is 30.4 Å². The molecule has 1 aromatic heterocycles. The molecule has 102 valence electrons. The van der Waals surface area contributed by atoms with Crippen molar-refractivity contribution in [3.05, 3.63) is 22.5 Å². The van der Waals surface area contributed by atoms with Crippen molar-refractivity contribution in [3.8, 4) is 0 Å². The molecule has 3 rings (SSSR count).